The molecule has 0 aromatic heterocycles. The highest BCUT2D eigenvalue weighted by Crippen LogP contribution is 2.01. The van der Waals surface area contributed by atoms with E-state index in [1.165, 1.54) is 9.80 Å². The molecule has 1 saturated heterocycles. The zero-order chi connectivity index (χ0) is 22.0. The van der Waals surface area contributed by atoms with Gasteiger partial charge in [-0.15, -0.1) is 0 Å². The Balaban J connectivity index is 2.94. The molecule has 1 heterocycles. The smallest absolute Gasteiger partial charge is 0.236 e. The second kappa shape index (κ2) is 12.2. The number of carboxylic acid groups (broad SMARTS) is 3. The minimum absolute atomic E-state index is 0.0194. The van der Waals surface area contributed by atoms with Crippen molar-refractivity contribution in [3.63, 3.8) is 0 Å². The van der Waals surface area contributed by atoms with Crippen LogP contribution in [0.5, 0.6) is 0 Å². The Bertz CT molecular complexity index is 587. The van der Waals surface area contributed by atoms with E-state index in [-0.39, 0.29) is 58.3 Å². The number of carbonyl (C=O) groups is 4. The Kier molecular flexibility index (Phi) is 10.3. The van der Waals surface area contributed by atoms with Gasteiger partial charge in [-0.3, -0.25) is 19.5 Å². The molecule has 0 bridgehead atoms. The first-order chi connectivity index (χ1) is 13.6. The van der Waals surface area contributed by atoms with E-state index in [0.29, 0.717) is 13.1 Å². The summed E-state index contributed by atoms with van der Waals surface area (Å²) >= 11 is 0. The molecular weight excluding hydrogens is 386 g/mol. The predicted molar refractivity (Wildman–Crippen MR) is 95.0 cm³/mol. The molecule has 0 atom stereocenters. The number of aliphatic carboxylic acids is 2. The van der Waals surface area contributed by atoms with Crippen LogP contribution < -0.4 is 15.3 Å². The monoisotopic (exact) mass is 414 g/mol. The summed E-state index contributed by atoms with van der Waals surface area (Å²) in [6, 6.07) is 0. The highest BCUT2D eigenvalue weighted by atomic mass is 16.4. The molecule has 2 amide bonds. The zero-order valence-electron chi connectivity index (χ0n) is 16.9. The molecule has 0 aromatic rings. The third-order valence-electron chi connectivity index (χ3n) is 4.66. The Hall–Kier alpha value is -2.44. The van der Waals surface area contributed by atoms with Gasteiger partial charge in [0.2, 0.25) is 5.91 Å². The van der Waals surface area contributed by atoms with E-state index in [4.69, 9.17) is 0 Å². The van der Waals surface area contributed by atoms with Crippen LogP contribution in [0.15, 0.2) is 0 Å². The van der Waals surface area contributed by atoms with Crippen LogP contribution in [-0.2, 0) is 14.4 Å². The first-order valence-corrected chi connectivity index (χ1v) is 9.31. The fourth-order valence-corrected chi connectivity index (χ4v) is 2.89. The van der Waals surface area contributed by atoms with Crippen LogP contribution in [-0.4, -0.2) is 135 Å². The van der Waals surface area contributed by atoms with E-state index >= 15 is 0 Å². The molecule has 0 aromatic carbocycles. The van der Waals surface area contributed by atoms with Crippen molar-refractivity contribution < 1.29 is 34.5 Å². The van der Waals surface area contributed by atoms with Crippen LogP contribution in [0.25, 0.3) is 0 Å². The fraction of sp³-hybridized carbons (Fsp3) is 0.765. The number of nitrogens with zero attached hydrogens (tertiary/aromatic N) is 5. The summed E-state index contributed by atoms with van der Waals surface area (Å²) in [5, 5.41) is 33.4. The summed E-state index contributed by atoms with van der Waals surface area (Å²) in [5.41, 5.74) is 0. The van der Waals surface area contributed by atoms with E-state index in [2.05, 4.69) is 0 Å². The van der Waals surface area contributed by atoms with Crippen molar-refractivity contribution in [3.8, 4) is 0 Å². The number of hydrogen-bond donors (Lipinski definition) is 0. The quantitative estimate of drug-likeness (QED) is 0.410. The maximum absolute atomic E-state index is 12.1. The van der Waals surface area contributed by atoms with E-state index in [1.54, 1.807) is 23.9 Å². The van der Waals surface area contributed by atoms with Crippen molar-refractivity contribution >= 4 is 23.9 Å². The molecule has 0 aliphatic carbocycles. The zero-order valence-corrected chi connectivity index (χ0v) is 16.9. The van der Waals surface area contributed by atoms with Crippen molar-refractivity contribution in [2.24, 2.45) is 0 Å². The molecule has 0 saturated carbocycles. The number of amides is 2. The van der Waals surface area contributed by atoms with Gasteiger partial charge in [-0.1, -0.05) is 0 Å². The van der Waals surface area contributed by atoms with Gasteiger partial charge < -0.3 is 39.5 Å². The predicted octanol–water partition coefficient (Wildman–Crippen LogP) is -5.86. The highest BCUT2D eigenvalue weighted by molar-refractivity contribution is 5.77. The number of hydrogen-bond acceptors (Lipinski definition) is 10. The van der Waals surface area contributed by atoms with Crippen LogP contribution >= 0.6 is 0 Å². The third kappa shape index (κ3) is 10.1. The Morgan fingerprint density at radius 2 is 1.00 bits per heavy atom. The molecule has 12 heteroatoms. The van der Waals surface area contributed by atoms with Gasteiger partial charge in [-0.25, -0.2) is 0 Å². The van der Waals surface area contributed by atoms with Crippen molar-refractivity contribution in [1.82, 2.24) is 24.5 Å². The average Bonchev–Trinajstić information content (AvgIpc) is 2.60. The summed E-state index contributed by atoms with van der Waals surface area (Å²) < 4.78 is 0. The summed E-state index contributed by atoms with van der Waals surface area (Å²) in [5.74, 6) is -2.73. The molecule has 29 heavy (non-hydrogen) atoms. The molecule has 1 aliphatic heterocycles. The molecule has 0 spiro atoms. The first kappa shape index (κ1) is 24.6. The maximum Gasteiger partial charge on any atom is 0.236 e. The van der Waals surface area contributed by atoms with E-state index in [0.717, 1.165) is 4.90 Å². The topological polar surface area (TPSA) is 154 Å². The lowest BCUT2D eigenvalue weighted by Gasteiger charge is -2.35. The SMILES string of the molecule is CN(C)C(=O)CN1CCN(CC(=O)[O-])CCN(CC(=O)[O-])CCN(C(=O)[O-])CC1. The van der Waals surface area contributed by atoms with Crippen LogP contribution in [0.1, 0.15) is 0 Å². The third-order valence-corrected chi connectivity index (χ3v) is 4.66. The lowest BCUT2D eigenvalue weighted by molar-refractivity contribution is -0.308. The Morgan fingerprint density at radius 1 is 0.655 bits per heavy atom. The molecule has 12 nitrogen and oxygen atoms in total. The maximum atomic E-state index is 12.1. The number of rotatable bonds is 6. The standard InChI is InChI=1S/C17H31N5O7/c1-18(2)14(23)11-19-3-4-20(12-15(24)25)5-6-21(13-16(26)27)8-10-22(9-7-19)17(28)29/h3-13H2,1-2H3,(H,24,25)(H,26,27)(H,28,29)/p-3. The molecule has 0 N–H and O–H groups in total. The minimum atomic E-state index is -1.38. The number of carbonyl (C=O) groups excluding carboxylic acids is 4. The van der Waals surface area contributed by atoms with Gasteiger partial charge in [0.05, 0.1) is 18.5 Å². The highest BCUT2D eigenvalue weighted by Gasteiger charge is 2.18. The molecule has 0 radical (unpaired) electrons. The minimum Gasteiger partial charge on any atom is -0.549 e. The molecule has 0 unspecified atom stereocenters. The molecular formula is C17H28N5O7-3. The number of likely N-dealkylation sites (N-methyl/N-ethyl adjacent to an activating group) is 1. The van der Waals surface area contributed by atoms with Crippen molar-refractivity contribution in [2.75, 3.05) is 86.1 Å². The molecule has 1 fully saturated rings. The van der Waals surface area contributed by atoms with Crippen molar-refractivity contribution in [3.05, 3.63) is 0 Å². The van der Waals surface area contributed by atoms with Crippen LogP contribution in [0, 0.1) is 0 Å². The van der Waals surface area contributed by atoms with E-state index in [9.17, 15) is 34.5 Å². The largest absolute Gasteiger partial charge is 0.549 e. The van der Waals surface area contributed by atoms with Gasteiger partial charge >= 0.3 is 0 Å². The lowest BCUT2D eigenvalue weighted by Crippen LogP contribution is -2.53. The van der Waals surface area contributed by atoms with Gasteiger partial charge in [0.15, 0.2) is 0 Å². The summed E-state index contributed by atoms with van der Waals surface area (Å²) in [6.07, 6.45) is -1.38. The second-order valence-electron chi connectivity index (χ2n) is 7.11. The van der Waals surface area contributed by atoms with Gasteiger partial charge in [0.1, 0.15) is 6.09 Å². The average molecular weight is 414 g/mol. The molecule has 1 aliphatic rings. The van der Waals surface area contributed by atoms with E-state index < -0.39 is 24.6 Å². The normalized spacial score (nSPS) is 18.5. The van der Waals surface area contributed by atoms with Crippen LogP contribution in [0.2, 0.25) is 0 Å². The summed E-state index contributed by atoms with van der Waals surface area (Å²) in [6.45, 7) is 0.848. The molecule has 1 rings (SSSR count). The Labute approximate surface area is 169 Å². The fourth-order valence-electron chi connectivity index (χ4n) is 2.89. The Morgan fingerprint density at radius 3 is 1.31 bits per heavy atom. The first-order valence-electron chi connectivity index (χ1n) is 9.31. The van der Waals surface area contributed by atoms with Gasteiger partial charge in [-0.2, -0.15) is 0 Å². The van der Waals surface area contributed by atoms with Crippen molar-refractivity contribution in [2.45, 2.75) is 0 Å². The van der Waals surface area contributed by atoms with Crippen molar-refractivity contribution in [1.29, 1.82) is 0 Å². The van der Waals surface area contributed by atoms with E-state index in [1.807, 2.05) is 0 Å². The lowest BCUT2D eigenvalue weighted by atomic mass is 10.3. The number of carboxylic acids is 2. The van der Waals surface area contributed by atoms with Gasteiger partial charge in [0.25, 0.3) is 0 Å². The van der Waals surface area contributed by atoms with Gasteiger partial charge in [-0.05, 0) is 0 Å². The molecule has 166 valence electrons. The van der Waals surface area contributed by atoms with Crippen LogP contribution in [0.3, 0.4) is 0 Å². The van der Waals surface area contributed by atoms with Crippen LogP contribution in [0.4, 0.5) is 4.79 Å². The summed E-state index contributed by atoms with van der Waals surface area (Å²) in [4.78, 5) is 52.8. The van der Waals surface area contributed by atoms with Gasteiger partial charge in [0, 0.05) is 79.5 Å². The summed E-state index contributed by atoms with van der Waals surface area (Å²) in [7, 11) is 3.22. The second-order valence-corrected chi connectivity index (χ2v) is 7.11.